The molecule has 3 aromatic rings. The summed E-state index contributed by atoms with van der Waals surface area (Å²) >= 11 is 0. The van der Waals surface area contributed by atoms with E-state index in [2.05, 4.69) is 15.5 Å². The first-order valence-electron chi connectivity index (χ1n) is 11.2. The molecule has 4 rings (SSSR count). The molecule has 0 spiro atoms. The lowest BCUT2D eigenvalue weighted by Gasteiger charge is -2.22. The molecule has 35 heavy (non-hydrogen) atoms. The average molecular weight is 489 g/mol. The van der Waals surface area contributed by atoms with Gasteiger partial charge in [-0.1, -0.05) is 12.1 Å². The lowest BCUT2D eigenvalue weighted by molar-refractivity contribution is -0.137. The third kappa shape index (κ3) is 3.81. The maximum Gasteiger partial charge on any atom is 0.298 e. The first kappa shape index (κ1) is 24.9. The number of aromatic nitrogens is 2. The Bertz CT molecular complexity index is 1320. The lowest BCUT2D eigenvalue weighted by atomic mass is 9.94. The van der Waals surface area contributed by atoms with Gasteiger partial charge in [0.25, 0.3) is 11.8 Å². The number of fused-ring (bicyclic) bond motifs is 2. The Balaban J connectivity index is 1.81. The summed E-state index contributed by atoms with van der Waals surface area (Å²) in [6, 6.07) is 6.58. The fourth-order valence-electron chi connectivity index (χ4n) is 4.56. The summed E-state index contributed by atoms with van der Waals surface area (Å²) in [7, 11) is 1.49. The van der Waals surface area contributed by atoms with Gasteiger partial charge < -0.3 is 20.1 Å². The largest absolute Gasteiger partial charge is 0.390 e. The fourth-order valence-corrected chi connectivity index (χ4v) is 4.56. The van der Waals surface area contributed by atoms with Crippen LogP contribution in [0.4, 0.5) is 24.7 Å². The number of aliphatic hydroxyl groups is 1. The van der Waals surface area contributed by atoms with Crippen LogP contribution in [0.15, 0.2) is 30.3 Å². The number of rotatable bonds is 7. The number of alkyl halides is 2. The van der Waals surface area contributed by atoms with Crippen molar-refractivity contribution in [3.8, 4) is 0 Å². The standard InChI is InChI=1S/C25H27F3N4O3/c1-6-32-20-11-17-16(10-19(20)24(4,35-5)23(32)34)14(3)30-31-22(17)29-13(2)15-8-7-9-18(21(15)26)25(27,28)12-33/h7-11,13,33H,6,12H2,1-5H3,(H,29,31)/t13-,24?/m1/s1. The zero-order chi connectivity index (χ0) is 25.7. The van der Waals surface area contributed by atoms with Gasteiger partial charge in [-0.25, -0.2) is 4.39 Å². The average Bonchev–Trinajstić information content (AvgIpc) is 3.05. The highest BCUT2D eigenvalue weighted by Crippen LogP contribution is 2.45. The minimum atomic E-state index is -3.71. The molecule has 0 saturated carbocycles. The zero-order valence-electron chi connectivity index (χ0n) is 20.1. The molecule has 1 aliphatic rings. The number of likely N-dealkylation sites (N-methyl/N-ethyl adjacent to an activating group) is 1. The second-order valence-corrected chi connectivity index (χ2v) is 8.77. The highest BCUT2D eigenvalue weighted by atomic mass is 19.3. The van der Waals surface area contributed by atoms with E-state index in [0.29, 0.717) is 34.7 Å². The predicted octanol–water partition coefficient (Wildman–Crippen LogP) is 4.56. The van der Waals surface area contributed by atoms with Crippen molar-refractivity contribution >= 4 is 28.2 Å². The molecule has 10 heteroatoms. The Hall–Kier alpha value is -3.24. The van der Waals surface area contributed by atoms with E-state index >= 15 is 4.39 Å². The van der Waals surface area contributed by atoms with Gasteiger partial charge in [0.15, 0.2) is 11.4 Å². The van der Waals surface area contributed by atoms with Crippen LogP contribution in [0.25, 0.3) is 10.8 Å². The molecule has 0 radical (unpaired) electrons. The highest BCUT2D eigenvalue weighted by Gasteiger charge is 2.47. The molecule has 2 N–H and O–H groups in total. The van der Waals surface area contributed by atoms with Gasteiger partial charge in [-0.05, 0) is 45.9 Å². The lowest BCUT2D eigenvalue weighted by Crippen LogP contribution is -2.39. The maximum atomic E-state index is 15.0. The highest BCUT2D eigenvalue weighted by molar-refractivity contribution is 6.10. The van der Waals surface area contributed by atoms with Crippen LogP contribution in [0, 0.1) is 12.7 Å². The van der Waals surface area contributed by atoms with Crippen molar-refractivity contribution in [1.82, 2.24) is 10.2 Å². The smallest absolute Gasteiger partial charge is 0.298 e. The first-order chi connectivity index (χ1) is 16.5. The molecule has 1 amide bonds. The Kier molecular flexibility index (Phi) is 6.23. The minimum Gasteiger partial charge on any atom is -0.390 e. The molecule has 1 unspecified atom stereocenters. The molecule has 2 heterocycles. The number of aliphatic hydroxyl groups excluding tert-OH is 1. The molecule has 2 atom stereocenters. The Morgan fingerprint density at radius 3 is 2.60 bits per heavy atom. The van der Waals surface area contributed by atoms with Crippen LogP contribution in [0.3, 0.4) is 0 Å². The molecule has 1 aromatic heterocycles. The van der Waals surface area contributed by atoms with Crippen molar-refractivity contribution in [1.29, 1.82) is 0 Å². The molecule has 0 aliphatic carbocycles. The summed E-state index contributed by atoms with van der Waals surface area (Å²) in [6.07, 6.45) is 0. The summed E-state index contributed by atoms with van der Waals surface area (Å²) in [5.74, 6) is -4.68. The Morgan fingerprint density at radius 2 is 1.97 bits per heavy atom. The number of benzene rings is 2. The van der Waals surface area contributed by atoms with Crippen molar-refractivity contribution in [2.75, 3.05) is 30.5 Å². The molecule has 0 fully saturated rings. The van der Waals surface area contributed by atoms with Crippen LogP contribution in [0.5, 0.6) is 0 Å². The predicted molar refractivity (Wildman–Crippen MR) is 126 cm³/mol. The monoisotopic (exact) mass is 488 g/mol. The summed E-state index contributed by atoms with van der Waals surface area (Å²) in [4.78, 5) is 14.7. The number of nitrogens with one attached hydrogen (secondary N) is 1. The first-order valence-corrected chi connectivity index (χ1v) is 11.2. The van der Waals surface area contributed by atoms with Crippen LogP contribution in [0.2, 0.25) is 0 Å². The van der Waals surface area contributed by atoms with Crippen molar-refractivity contribution in [3.05, 3.63) is 58.5 Å². The number of methoxy groups -OCH3 is 1. The number of anilines is 2. The number of ether oxygens (including phenoxy) is 1. The second kappa shape index (κ2) is 8.76. The molecule has 1 aliphatic heterocycles. The maximum absolute atomic E-state index is 15.0. The van der Waals surface area contributed by atoms with E-state index in [1.807, 2.05) is 19.1 Å². The van der Waals surface area contributed by atoms with E-state index in [4.69, 9.17) is 9.84 Å². The minimum absolute atomic E-state index is 0.00960. The third-order valence-electron chi connectivity index (χ3n) is 6.70. The van der Waals surface area contributed by atoms with E-state index in [1.54, 1.807) is 25.7 Å². The van der Waals surface area contributed by atoms with Crippen molar-refractivity contribution in [2.24, 2.45) is 0 Å². The van der Waals surface area contributed by atoms with Gasteiger partial charge in [0.2, 0.25) is 0 Å². The number of carbonyl (C=O) groups is 1. The van der Waals surface area contributed by atoms with Crippen LogP contribution in [-0.4, -0.2) is 41.5 Å². The summed E-state index contributed by atoms with van der Waals surface area (Å²) in [6.45, 7) is 5.92. The summed E-state index contributed by atoms with van der Waals surface area (Å²) in [5.41, 5.74) is -0.0212. The number of nitrogens with zero attached hydrogens (tertiary/aromatic N) is 3. The zero-order valence-corrected chi connectivity index (χ0v) is 20.1. The number of hydrogen-bond acceptors (Lipinski definition) is 6. The van der Waals surface area contributed by atoms with E-state index in [-0.39, 0.29) is 11.5 Å². The van der Waals surface area contributed by atoms with Crippen LogP contribution >= 0.6 is 0 Å². The molecule has 0 bridgehead atoms. The van der Waals surface area contributed by atoms with Gasteiger partial charge in [-0.3, -0.25) is 4.79 Å². The molecule has 0 saturated heterocycles. The number of hydrogen-bond donors (Lipinski definition) is 2. The topological polar surface area (TPSA) is 87.6 Å². The van der Waals surface area contributed by atoms with Crippen molar-refractivity contribution in [3.63, 3.8) is 0 Å². The molecular formula is C25H27F3N4O3. The van der Waals surface area contributed by atoms with Gasteiger partial charge in [0.05, 0.1) is 23.0 Å². The van der Waals surface area contributed by atoms with Crippen molar-refractivity contribution in [2.45, 2.75) is 45.3 Å². The number of halogens is 3. The summed E-state index contributed by atoms with van der Waals surface area (Å²) < 4.78 is 48.6. The second-order valence-electron chi connectivity index (χ2n) is 8.77. The molecule has 7 nitrogen and oxygen atoms in total. The quantitative estimate of drug-likeness (QED) is 0.507. The number of aryl methyl sites for hydroxylation is 1. The number of carbonyl (C=O) groups excluding carboxylic acids is 1. The SMILES string of the molecule is CCN1C(=O)C(C)(OC)c2cc3c(C)nnc(N[C@H](C)c4cccc(C(F)(F)CO)c4F)c3cc21. The van der Waals surface area contributed by atoms with Gasteiger partial charge in [-0.2, -0.15) is 13.9 Å². The van der Waals surface area contributed by atoms with Gasteiger partial charge in [-0.15, -0.1) is 5.10 Å². The number of amides is 1. The third-order valence-corrected chi connectivity index (χ3v) is 6.70. The van der Waals surface area contributed by atoms with Crippen LogP contribution in [-0.2, 0) is 21.1 Å². The Labute approximate surface area is 200 Å². The van der Waals surface area contributed by atoms with E-state index in [9.17, 15) is 13.6 Å². The van der Waals surface area contributed by atoms with Crippen LogP contribution < -0.4 is 10.2 Å². The van der Waals surface area contributed by atoms with Gasteiger partial charge in [0.1, 0.15) is 12.4 Å². The molecule has 186 valence electrons. The van der Waals surface area contributed by atoms with Gasteiger partial charge in [0, 0.05) is 35.6 Å². The normalized spacial score (nSPS) is 18.8. The van der Waals surface area contributed by atoms with E-state index < -0.39 is 35.6 Å². The van der Waals surface area contributed by atoms with E-state index in [1.165, 1.54) is 19.2 Å². The van der Waals surface area contributed by atoms with Crippen molar-refractivity contribution < 1.29 is 27.8 Å². The van der Waals surface area contributed by atoms with E-state index in [0.717, 1.165) is 11.5 Å². The molecule has 2 aromatic carbocycles. The summed E-state index contributed by atoms with van der Waals surface area (Å²) in [5, 5.41) is 21.9. The Morgan fingerprint density at radius 1 is 1.26 bits per heavy atom. The molecular weight excluding hydrogens is 461 g/mol. The van der Waals surface area contributed by atoms with Gasteiger partial charge >= 0.3 is 0 Å². The van der Waals surface area contributed by atoms with Crippen LogP contribution in [0.1, 0.15) is 49.2 Å². The fraction of sp³-hybridized carbons (Fsp3) is 0.400.